The Hall–Kier alpha value is -2.73. The van der Waals surface area contributed by atoms with E-state index in [1.54, 1.807) is 6.92 Å². The number of aliphatic hydroxyl groups excluding tert-OH is 1. The van der Waals surface area contributed by atoms with E-state index in [0.29, 0.717) is 5.56 Å². The van der Waals surface area contributed by atoms with E-state index in [0.717, 1.165) is 16.5 Å². The number of carbonyl (C=O) groups excluding carboxylic acids is 1. The molecule has 0 fully saturated rings. The van der Waals surface area contributed by atoms with Gasteiger partial charge in [0.1, 0.15) is 5.82 Å². The van der Waals surface area contributed by atoms with E-state index in [1.807, 2.05) is 25.1 Å². The zero-order valence-electron chi connectivity index (χ0n) is 13.4. The van der Waals surface area contributed by atoms with Crippen molar-refractivity contribution >= 4 is 16.8 Å². The Morgan fingerprint density at radius 2 is 1.96 bits per heavy atom. The smallest absolute Gasteiger partial charge is 0.272 e. The molecule has 3 aromatic rings. The molecule has 2 aromatic carbocycles. The van der Waals surface area contributed by atoms with Crippen LogP contribution < -0.4 is 5.32 Å². The van der Waals surface area contributed by atoms with Gasteiger partial charge in [0.2, 0.25) is 0 Å². The third kappa shape index (κ3) is 3.14. The van der Waals surface area contributed by atoms with E-state index in [1.165, 1.54) is 24.3 Å². The number of halogens is 1. The van der Waals surface area contributed by atoms with Gasteiger partial charge in [0.05, 0.1) is 17.7 Å². The molecule has 5 nitrogen and oxygen atoms in total. The molecule has 2 atom stereocenters. The maximum atomic E-state index is 13.0. The fraction of sp³-hybridized carbons (Fsp3) is 0.222. The van der Waals surface area contributed by atoms with E-state index in [4.69, 9.17) is 0 Å². The molecule has 3 rings (SSSR count). The Labute approximate surface area is 138 Å². The van der Waals surface area contributed by atoms with Crippen LogP contribution in [0.1, 0.15) is 34.6 Å². The number of carbonyl (C=O) groups is 1. The zero-order chi connectivity index (χ0) is 17.3. The number of hydrogen-bond donors (Lipinski definition) is 3. The number of nitrogens with zero attached hydrogens (tertiary/aromatic N) is 1. The molecule has 1 heterocycles. The van der Waals surface area contributed by atoms with Gasteiger partial charge in [-0.15, -0.1) is 0 Å². The summed E-state index contributed by atoms with van der Waals surface area (Å²) in [5, 5.41) is 20.7. The predicted octanol–water partition coefficient (Wildman–Crippen LogP) is 2.86. The second kappa shape index (κ2) is 6.41. The van der Waals surface area contributed by atoms with Gasteiger partial charge in [-0.05, 0) is 43.7 Å². The van der Waals surface area contributed by atoms with Gasteiger partial charge in [0.15, 0.2) is 5.69 Å². The van der Waals surface area contributed by atoms with Gasteiger partial charge in [-0.25, -0.2) is 4.39 Å². The number of fused-ring (bicyclic) bond motifs is 1. The minimum atomic E-state index is -0.943. The van der Waals surface area contributed by atoms with Gasteiger partial charge < -0.3 is 10.4 Å². The molecule has 0 saturated heterocycles. The van der Waals surface area contributed by atoms with Gasteiger partial charge in [0.25, 0.3) is 5.91 Å². The number of hydrogen-bond acceptors (Lipinski definition) is 3. The van der Waals surface area contributed by atoms with E-state index in [-0.39, 0.29) is 17.4 Å². The zero-order valence-corrected chi connectivity index (χ0v) is 13.4. The second-order valence-corrected chi connectivity index (χ2v) is 5.88. The third-order valence-electron chi connectivity index (χ3n) is 3.98. The summed E-state index contributed by atoms with van der Waals surface area (Å²) in [6, 6.07) is 10.7. The quantitative estimate of drug-likeness (QED) is 0.689. The van der Waals surface area contributed by atoms with E-state index < -0.39 is 12.1 Å². The highest BCUT2D eigenvalue weighted by Crippen LogP contribution is 2.20. The van der Waals surface area contributed by atoms with Crippen molar-refractivity contribution in [3.63, 3.8) is 0 Å². The number of amides is 1. The standard InChI is InChI=1S/C18H18FN3O2/c1-10-3-8-15-14(9-10)16(22-21-15)18(24)20-11(2)17(23)12-4-6-13(19)7-5-12/h3-9,11,17,23H,1-2H3,(H,20,24)(H,21,22). The lowest BCUT2D eigenvalue weighted by Gasteiger charge is -2.20. The summed E-state index contributed by atoms with van der Waals surface area (Å²) in [4.78, 5) is 12.5. The molecule has 0 aliphatic carbocycles. The highest BCUT2D eigenvalue weighted by Gasteiger charge is 2.21. The van der Waals surface area contributed by atoms with Gasteiger partial charge in [-0.2, -0.15) is 5.10 Å². The van der Waals surface area contributed by atoms with Crippen LogP contribution in [0, 0.1) is 12.7 Å². The fourth-order valence-corrected chi connectivity index (χ4v) is 2.60. The van der Waals surface area contributed by atoms with Crippen molar-refractivity contribution in [1.29, 1.82) is 0 Å². The molecule has 0 saturated carbocycles. The minimum absolute atomic E-state index is 0.284. The molecule has 0 radical (unpaired) electrons. The SMILES string of the molecule is Cc1ccc2[nH]nc(C(=O)NC(C)C(O)c3ccc(F)cc3)c2c1. The topological polar surface area (TPSA) is 78.0 Å². The van der Waals surface area contributed by atoms with Crippen LogP contribution in [-0.2, 0) is 0 Å². The summed E-state index contributed by atoms with van der Waals surface area (Å²) in [5.41, 5.74) is 2.62. The number of aromatic amines is 1. The van der Waals surface area contributed by atoms with Crippen molar-refractivity contribution < 1.29 is 14.3 Å². The van der Waals surface area contributed by atoms with Gasteiger partial charge in [-0.1, -0.05) is 23.8 Å². The summed E-state index contributed by atoms with van der Waals surface area (Å²) < 4.78 is 13.0. The lowest BCUT2D eigenvalue weighted by Crippen LogP contribution is -2.37. The summed E-state index contributed by atoms with van der Waals surface area (Å²) in [6.45, 7) is 3.63. The van der Waals surface area contributed by atoms with E-state index in [9.17, 15) is 14.3 Å². The number of aliphatic hydroxyl groups is 1. The summed E-state index contributed by atoms with van der Waals surface area (Å²) in [6.07, 6.45) is -0.943. The first kappa shape index (κ1) is 16.1. The van der Waals surface area contributed by atoms with Crippen molar-refractivity contribution in [2.45, 2.75) is 26.0 Å². The maximum absolute atomic E-state index is 13.0. The van der Waals surface area contributed by atoms with Crippen molar-refractivity contribution in [2.75, 3.05) is 0 Å². The molecule has 0 aliphatic heterocycles. The molecular weight excluding hydrogens is 309 g/mol. The highest BCUT2D eigenvalue weighted by atomic mass is 19.1. The number of aryl methyl sites for hydroxylation is 1. The first-order chi connectivity index (χ1) is 11.5. The van der Waals surface area contributed by atoms with Crippen LogP contribution in [0.4, 0.5) is 4.39 Å². The molecule has 24 heavy (non-hydrogen) atoms. The number of H-pyrrole nitrogens is 1. The highest BCUT2D eigenvalue weighted by molar-refractivity contribution is 6.04. The summed E-state index contributed by atoms with van der Waals surface area (Å²) in [7, 11) is 0. The van der Waals surface area contributed by atoms with Crippen molar-refractivity contribution in [2.24, 2.45) is 0 Å². The van der Waals surface area contributed by atoms with Gasteiger partial charge >= 0.3 is 0 Å². The van der Waals surface area contributed by atoms with Crippen molar-refractivity contribution in [3.05, 3.63) is 65.1 Å². The first-order valence-electron chi connectivity index (χ1n) is 7.65. The monoisotopic (exact) mass is 327 g/mol. The number of aromatic nitrogens is 2. The summed E-state index contributed by atoms with van der Waals surface area (Å²) in [5.74, 6) is -0.749. The molecule has 2 unspecified atom stereocenters. The van der Waals surface area contributed by atoms with Crippen molar-refractivity contribution in [3.8, 4) is 0 Å². The maximum Gasteiger partial charge on any atom is 0.272 e. The fourth-order valence-electron chi connectivity index (χ4n) is 2.60. The van der Waals surface area contributed by atoms with Crippen LogP contribution in [0.15, 0.2) is 42.5 Å². The molecule has 0 aliphatic rings. The summed E-state index contributed by atoms with van der Waals surface area (Å²) >= 11 is 0. The number of benzene rings is 2. The van der Waals surface area contributed by atoms with E-state index in [2.05, 4.69) is 15.5 Å². The Kier molecular flexibility index (Phi) is 4.31. The van der Waals surface area contributed by atoms with E-state index >= 15 is 0 Å². The predicted molar refractivity (Wildman–Crippen MR) is 89.1 cm³/mol. The Bertz CT molecular complexity index is 874. The van der Waals surface area contributed by atoms with Crippen molar-refractivity contribution in [1.82, 2.24) is 15.5 Å². The molecular formula is C18H18FN3O2. The molecule has 3 N–H and O–H groups in total. The molecule has 124 valence electrons. The van der Waals surface area contributed by atoms with Crippen LogP contribution in [0.2, 0.25) is 0 Å². The second-order valence-electron chi connectivity index (χ2n) is 5.88. The Balaban J connectivity index is 1.77. The number of nitrogens with one attached hydrogen (secondary N) is 2. The average Bonchev–Trinajstić information content (AvgIpc) is 2.97. The first-order valence-corrected chi connectivity index (χ1v) is 7.65. The van der Waals surface area contributed by atoms with Crippen LogP contribution in [-0.4, -0.2) is 27.3 Å². The molecule has 0 spiro atoms. The average molecular weight is 327 g/mol. The normalized spacial score (nSPS) is 13.7. The largest absolute Gasteiger partial charge is 0.386 e. The third-order valence-corrected chi connectivity index (χ3v) is 3.98. The van der Waals surface area contributed by atoms with Gasteiger partial charge in [-0.3, -0.25) is 9.89 Å². The van der Waals surface area contributed by atoms with Crippen LogP contribution in [0.25, 0.3) is 10.9 Å². The lowest BCUT2D eigenvalue weighted by molar-refractivity contribution is 0.0848. The van der Waals surface area contributed by atoms with Crippen LogP contribution in [0.5, 0.6) is 0 Å². The van der Waals surface area contributed by atoms with Crippen LogP contribution in [0.3, 0.4) is 0 Å². The van der Waals surface area contributed by atoms with Crippen LogP contribution >= 0.6 is 0 Å². The Morgan fingerprint density at radius 1 is 1.25 bits per heavy atom. The Morgan fingerprint density at radius 3 is 2.67 bits per heavy atom. The molecule has 1 aromatic heterocycles. The molecule has 0 bridgehead atoms. The molecule has 1 amide bonds. The van der Waals surface area contributed by atoms with Gasteiger partial charge in [0, 0.05) is 5.39 Å². The minimum Gasteiger partial charge on any atom is -0.386 e. The number of rotatable bonds is 4. The molecule has 6 heteroatoms. The lowest BCUT2D eigenvalue weighted by atomic mass is 10.0.